The van der Waals surface area contributed by atoms with E-state index in [9.17, 15) is 0 Å². The van der Waals surface area contributed by atoms with Crippen LogP contribution in [0.5, 0.6) is 0 Å². The zero-order valence-corrected chi connectivity index (χ0v) is 21.4. The van der Waals surface area contributed by atoms with Crippen molar-refractivity contribution in [3.63, 3.8) is 0 Å². The zero-order valence-electron chi connectivity index (χ0n) is 20.4. The molecule has 5 rings (SSSR count). The highest BCUT2D eigenvalue weighted by molar-refractivity contribution is 6.82. The Morgan fingerprint density at radius 3 is 2.15 bits per heavy atom. The van der Waals surface area contributed by atoms with Crippen molar-refractivity contribution in [1.29, 1.82) is 0 Å². The molecule has 2 unspecified atom stereocenters. The van der Waals surface area contributed by atoms with E-state index in [4.69, 9.17) is 0 Å². The SMILES string of the molecule is C=CCC(CC)[Si](C)(C)C1(CCC2c3ccccc3-c3ccccc32)C=Cc2ccccc21. The summed E-state index contributed by atoms with van der Waals surface area (Å²) in [7, 11) is -1.74. The fraction of sp³-hybridized carbons (Fsp3) is 0.312. The molecule has 0 aliphatic heterocycles. The van der Waals surface area contributed by atoms with E-state index < -0.39 is 8.07 Å². The number of hydrogen-bond acceptors (Lipinski definition) is 0. The van der Waals surface area contributed by atoms with E-state index in [-0.39, 0.29) is 5.04 Å². The van der Waals surface area contributed by atoms with Crippen molar-refractivity contribution in [2.24, 2.45) is 0 Å². The number of fused-ring (bicyclic) bond motifs is 4. The number of allylic oxidation sites excluding steroid dienone is 2. The van der Waals surface area contributed by atoms with Gasteiger partial charge in [-0.25, -0.2) is 0 Å². The number of benzene rings is 3. The first-order valence-corrected chi connectivity index (χ1v) is 15.7. The van der Waals surface area contributed by atoms with Gasteiger partial charge in [0.1, 0.15) is 0 Å². The molecule has 0 nitrogen and oxygen atoms in total. The number of rotatable bonds is 8. The van der Waals surface area contributed by atoms with Gasteiger partial charge in [0.25, 0.3) is 0 Å². The van der Waals surface area contributed by atoms with Crippen LogP contribution in [-0.4, -0.2) is 8.07 Å². The first-order valence-electron chi connectivity index (χ1n) is 12.6. The molecule has 0 saturated carbocycles. The van der Waals surface area contributed by atoms with Gasteiger partial charge in [0.15, 0.2) is 0 Å². The minimum atomic E-state index is -1.74. The molecule has 3 aromatic carbocycles. The van der Waals surface area contributed by atoms with E-state index in [1.807, 2.05) is 0 Å². The Kier molecular flexibility index (Phi) is 5.78. The summed E-state index contributed by atoms with van der Waals surface area (Å²) in [6.07, 6.45) is 11.9. The second-order valence-electron chi connectivity index (χ2n) is 10.5. The van der Waals surface area contributed by atoms with Crippen molar-refractivity contribution < 1.29 is 0 Å². The molecule has 0 N–H and O–H groups in total. The smallest absolute Gasteiger partial charge is 0.0668 e. The Bertz CT molecular complexity index is 1150. The van der Waals surface area contributed by atoms with Crippen LogP contribution < -0.4 is 0 Å². The van der Waals surface area contributed by atoms with E-state index in [2.05, 4.69) is 118 Å². The Morgan fingerprint density at radius 2 is 1.52 bits per heavy atom. The van der Waals surface area contributed by atoms with Gasteiger partial charge in [0.2, 0.25) is 0 Å². The highest BCUT2D eigenvalue weighted by atomic mass is 28.3. The van der Waals surface area contributed by atoms with Crippen LogP contribution in [0.3, 0.4) is 0 Å². The summed E-state index contributed by atoms with van der Waals surface area (Å²) in [6, 6.07) is 27.3. The lowest BCUT2D eigenvalue weighted by Gasteiger charge is -2.48. The average Bonchev–Trinajstić information content (AvgIpc) is 3.38. The van der Waals surface area contributed by atoms with Crippen molar-refractivity contribution in [3.8, 4) is 11.1 Å². The predicted octanol–water partition coefficient (Wildman–Crippen LogP) is 9.15. The molecular weight excluding hydrogens is 412 g/mol. The van der Waals surface area contributed by atoms with Gasteiger partial charge in [-0.2, -0.15) is 0 Å². The lowest BCUT2D eigenvalue weighted by molar-refractivity contribution is 0.557. The van der Waals surface area contributed by atoms with Crippen LogP contribution >= 0.6 is 0 Å². The van der Waals surface area contributed by atoms with E-state index in [1.54, 1.807) is 5.56 Å². The largest absolute Gasteiger partial charge is 0.103 e. The molecule has 2 aliphatic rings. The fourth-order valence-electron chi connectivity index (χ4n) is 6.95. The molecular formula is C32H36Si. The van der Waals surface area contributed by atoms with Crippen molar-refractivity contribution in [2.45, 2.75) is 62.2 Å². The Labute approximate surface area is 201 Å². The minimum Gasteiger partial charge on any atom is -0.103 e. The fourth-order valence-corrected chi connectivity index (χ4v) is 11.7. The zero-order chi connectivity index (χ0) is 23.1. The molecule has 0 fully saturated rings. The summed E-state index contributed by atoms with van der Waals surface area (Å²) in [5.74, 6) is 0.486. The van der Waals surface area contributed by atoms with Crippen molar-refractivity contribution in [3.05, 3.63) is 114 Å². The topological polar surface area (TPSA) is 0 Å². The summed E-state index contributed by atoms with van der Waals surface area (Å²) in [5.41, 5.74) is 9.63. The summed E-state index contributed by atoms with van der Waals surface area (Å²) in [4.78, 5) is 0. The molecule has 33 heavy (non-hydrogen) atoms. The molecule has 0 aromatic heterocycles. The second-order valence-corrected chi connectivity index (χ2v) is 15.7. The van der Waals surface area contributed by atoms with Crippen LogP contribution in [0.4, 0.5) is 0 Å². The van der Waals surface area contributed by atoms with Crippen LogP contribution in [0.1, 0.15) is 60.8 Å². The first kappa shape index (κ1) is 22.2. The van der Waals surface area contributed by atoms with Gasteiger partial charge in [-0.15, -0.1) is 6.58 Å². The van der Waals surface area contributed by atoms with Crippen LogP contribution in [0.2, 0.25) is 18.6 Å². The molecule has 0 saturated heterocycles. The highest BCUT2D eigenvalue weighted by Crippen LogP contribution is 2.54. The van der Waals surface area contributed by atoms with Gasteiger partial charge < -0.3 is 0 Å². The summed E-state index contributed by atoms with van der Waals surface area (Å²) < 4.78 is 0. The lowest BCUT2D eigenvalue weighted by Crippen LogP contribution is -2.53. The Balaban J connectivity index is 1.57. The van der Waals surface area contributed by atoms with Gasteiger partial charge in [0.05, 0.1) is 8.07 Å². The van der Waals surface area contributed by atoms with E-state index in [0.29, 0.717) is 5.92 Å². The van der Waals surface area contributed by atoms with Gasteiger partial charge in [-0.3, -0.25) is 0 Å². The van der Waals surface area contributed by atoms with Crippen LogP contribution in [-0.2, 0) is 5.04 Å². The van der Waals surface area contributed by atoms with E-state index in [1.165, 1.54) is 47.1 Å². The third-order valence-electron chi connectivity index (χ3n) is 8.89. The minimum absolute atomic E-state index is 0.166. The maximum absolute atomic E-state index is 4.12. The molecule has 168 valence electrons. The van der Waals surface area contributed by atoms with Gasteiger partial charge in [0, 0.05) is 11.0 Å². The van der Waals surface area contributed by atoms with Crippen molar-refractivity contribution in [1.82, 2.24) is 0 Å². The molecule has 3 aromatic rings. The molecule has 0 heterocycles. The average molecular weight is 449 g/mol. The van der Waals surface area contributed by atoms with Gasteiger partial charge >= 0.3 is 0 Å². The molecule has 0 radical (unpaired) electrons. The van der Waals surface area contributed by atoms with E-state index in [0.717, 1.165) is 12.0 Å². The first-order chi connectivity index (χ1) is 16.0. The monoisotopic (exact) mass is 448 g/mol. The maximum atomic E-state index is 4.12. The van der Waals surface area contributed by atoms with Crippen LogP contribution in [0.15, 0.2) is 91.5 Å². The molecule has 0 spiro atoms. The van der Waals surface area contributed by atoms with Gasteiger partial charge in [-0.05, 0) is 58.2 Å². The number of hydrogen-bond donors (Lipinski definition) is 0. The third kappa shape index (κ3) is 3.40. The lowest BCUT2D eigenvalue weighted by atomic mass is 9.86. The van der Waals surface area contributed by atoms with Crippen LogP contribution in [0.25, 0.3) is 17.2 Å². The van der Waals surface area contributed by atoms with Crippen molar-refractivity contribution in [2.75, 3.05) is 0 Å². The Morgan fingerprint density at radius 1 is 0.909 bits per heavy atom. The van der Waals surface area contributed by atoms with E-state index >= 15 is 0 Å². The molecule has 1 heteroatoms. The van der Waals surface area contributed by atoms with Crippen molar-refractivity contribution >= 4 is 14.1 Å². The Hall–Kier alpha value is -2.64. The highest BCUT2D eigenvalue weighted by Gasteiger charge is 2.51. The van der Waals surface area contributed by atoms with Gasteiger partial charge in [-0.1, -0.05) is 117 Å². The summed E-state index contributed by atoms with van der Waals surface area (Å²) in [6.45, 7) is 11.8. The maximum Gasteiger partial charge on any atom is 0.0668 e. The summed E-state index contributed by atoms with van der Waals surface area (Å²) in [5, 5.41) is 0.166. The third-order valence-corrected chi connectivity index (χ3v) is 14.6. The molecule has 0 bridgehead atoms. The summed E-state index contributed by atoms with van der Waals surface area (Å²) >= 11 is 0. The van der Waals surface area contributed by atoms with Crippen LogP contribution in [0, 0.1) is 0 Å². The quantitative estimate of drug-likeness (QED) is 0.238. The normalized spacial score (nSPS) is 19.7. The molecule has 2 atom stereocenters. The molecule has 2 aliphatic carbocycles. The molecule has 0 amide bonds. The predicted molar refractivity (Wildman–Crippen MR) is 146 cm³/mol. The standard InChI is InChI=1S/C32H36Si/c1-5-13-25(6-2)33(3,4)32(22-20-24-14-7-12-19-31(24)32)23-21-30-28-17-10-8-15-26(28)27-16-9-11-18-29(27)30/h5,7-12,14-20,22,25,30H,1,6,13,21,23H2,2-4H3. The second kappa shape index (κ2) is 8.61.